The van der Waals surface area contributed by atoms with E-state index in [0.29, 0.717) is 29.7 Å². The van der Waals surface area contributed by atoms with Crippen molar-refractivity contribution in [2.45, 2.75) is 75.4 Å². The minimum Gasteiger partial charge on any atom is -0.410 e. The smallest absolute Gasteiger partial charge is 0.410 e. The van der Waals surface area contributed by atoms with E-state index in [2.05, 4.69) is 5.32 Å². The minimum absolute atomic E-state index is 0.0161. The van der Waals surface area contributed by atoms with Crippen LogP contribution < -0.4 is 19.9 Å². The van der Waals surface area contributed by atoms with E-state index in [1.807, 2.05) is 0 Å². The summed E-state index contributed by atoms with van der Waals surface area (Å²) in [5.41, 5.74) is 1.74. The van der Waals surface area contributed by atoms with Gasteiger partial charge >= 0.3 is 6.09 Å². The second-order valence-electron chi connectivity index (χ2n) is 11.7. The van der Waals surface area contributed by atoms with E-state index in [1.54, 1.807) is 23.1 Å². The van der Waals surface area contributed by atoms with Crippen LogP contribution in [0.2, 0.25) is 0 Å². The summed E-state index contributed by atoms with van der Waals surface area (Å²) >= 11 is 0. The maximum Gasteiger partial charge on any atom is 0.419 e. The van der Waals surface area contributed by atoms with Gasteiger partial charge in [0.15, 0.2) is 0 Å². The Morgan fingerprint density at radius 3 is 2.54 bits per heavy atom. The van der Waals surface area contributed by atoms with Crippen LogP contribution in [0.15, 0.2) is 30.3 Å². The van der Waals surface area contributed by atoms with Crippen molar-refractivity contribution in [3.8, 4) is 5.75 Å². The zero-order chi connectivity index (χ0) is 28.6. The summed E-state index contributed by atoms with van der Waals surface area (Å²) in [4.78, 5) is 67.7. The van der Waals surface area contributed by atoms with E-state index >= 15 is 4.39 Å². The molecule has 1 spiro atoms. The number of hydrogen-bond donors (Lipinski definition) is 1. The summed E-state index contributed by atoms with van der Waals surface area (Å²) < 4.78 is 21.0. The van der Waals surface area contributed by atoms with Crippen molar-refractivity contribution in [3.63, 3.8) is 0 Å². The summed E-state index contributed by atoms with van der Waals surface area (Å²) in [7, 11) is 1.40. The van der Waals surface area contributed by atoms with Gasteiger partial charge in [-0.05, 0) is 61.4 Å². The Bertz CT molecular complexity index is 1550. The third kappa shape index (κ3) is 3.93. The minimum atomic E-state index is -0.849. The highest BCUT2D eigenvalue weighted by Crippen LogP contribution is 2.59. The fourth-order valence-corrected chi connectivity index (χ4v) is 6.84. The van der Waals surface area contributed by atoms with E-state index in [-0.39, 0.29) is 48.7 Å². The number of piperidine rings is 1. The molecule has 2 saturated carbocycles. The number of nitrogens with zero attached hydrogens (tertiary/aromatic N) is 3. The predicted molar refractivity (Wildman–Crippen MR) is 144 cm³/mol. The SMILES string of the molecule is CN(C(=O)Oc1ccc2c(c1)C(=O)N(C1CCC(=O)NC1=O)C2)c1cc2c(cc1F)N(C1CCCC1)C(=O)C21CC1. The second kappa shape index (κ2) is 9.12. The predicted octanol–water partition coefficient (Wildman–Crippen LogP) is 3.54. The van der Waals surface area contributed by atoms with Gasteiger partial charge in [0.25, 0.3) is 5.91 Å². The van der Waals surface area contributed by atoms with Crippen LogP contribution in [0.1, 0.15) is 72.9 Å². The number of carbonyl (C=O) groups excluding carboxylic acids is 5. The number of fused-ring (bicyclic) bond motifs is 3. The van der Waals surface area contributed by atoms with Gasteiger partial charge < -0.3 is 14.5 Å². The Labute approximate surface area is 235 Å². The molecule has 0 aromatic heterocycles. The number of carbonyl (C=O) groups is 5. The number of imide groups is 1. The van der Waals surface area contributed by atoms with Crippen LogP contribution in [0, 0.1) is 5.82 Å². The molecule has 2 aromatic carbocycles. The van der Waals surface area contributed by atoms with Gasteiger partial charge in [-0.1, -0.05) is 18.9 Å². The molecule has 1 atom stereocenters. The lowest BCUT2D eigenvalue weighted by Gasteiger charge is -2.29. The monoisotopic (exact) mass is 560 g/mol. The Morgan fingerprint density at radius 2 is 1.83 bits per heavy atom. The van der Waals surface area contributed by atoms with Crippen molar-refractivity contribution < 1.29 is 33.1 Å². The summed E-state index contributed by atoms with van der Waals surface area (Å²) in [6.45, 7) is 0.202. The van der Waals surface area contributed by atoms with Crippen LogP contribution >= 0.6 is 0 Å². The van der Waals surface area contributed by atoms with E-state index in [9.17, 15) is 24.0 Å². The number of benzene rings is 2. The lowest BCUT2D eigenvalue weighted by molar-refractivity contribution is -0.137. The highest BCUT2D eigenvalue weighted by Gasteiger charge is 2.60. The van der Waals surface area contributed by atoms with E-state index in [4.69, 9.17) is 4.74 Å². The summed E-state index contributed by atoms with van der Waals surface area (Å²) in [5.74, 6) is -1.75. The number of nitrogens with one attached hydrogen (secondary N) is 1. The molecule has 212 valence electrons. The third-order valence-corrected chi connectivity index (χ3v) is 9.25. The Hall–Kier alpha value is -4.28. The topological polar surface area (TPSA) is 116 Å². The summed E-state index contributed by atoms with van der Waals surface area (Å²) in [5, 5.41) is 2.27. The lowest BCUT2D eigenvalue weighted by Crippen LogP contribution is -2.52. The van der Waals surface area contributed by atoms with Crippen LogP contribution in [0.3, 0.4) is 0 Å². The van der Waals surface area contributed by atoms with Gasteiger partial charge in [0.1, 0.15) is 17.6 Å². The number of hydrogen-bond acceptors (Lipinski definition) is 6. The van der Waals surface area contributed by atoms with Crippen LogP contribution in [-0.2, 0) is 26.3 Å². The van der Waals surface area contributed by atoms with E-state index < -0.39 is 35.2 Å². The molecule has 2 aliphatic carbocycles. The van der Waals surface area contributed by atoms with E-state index in [0.717, 1.165) is 36.1 Å². The second-order valence-corrected chi connectivity index (χ2v) is 11.7. The average Bonchev–Trinajstić information content (AvgIpc) is 3.35. The normalized spacial score (nSPS) is 22.7. The zero-order valence-electron chi connectivity index (χ0n) is 22.6. The van der Waals surface area contributed by atoms with Gasteiger partial charge in [0.2, 0.25) is 17.7 Å². The summed E-state index contributed by atoms with van der Waals surface area (Å²) in [6.07, 6.45) is 4.88. The van der Waals surface area contributed by atoms with Crippen LogP contribution in [-0.4, -0.2) is 53.8 Å². The first kappa shape index (κ1) is 25.7. The molecule has 5 aliphatic rings. The molecule has 1 unspecified atom stereocenters. The molecule has 0 radical (unpaired) electrons. The molecule has 1 saturated heterocycles. The highest BCUT2D eigenvalue weighted by atomic mass is 19.1. The van der Waals surface area contributed by atoms with Gasteiger partial charge in [0.05, 0.1) is 16.8 Å². The molecule has 7 rings (SSSR count). The molecule has 41 heavy (non-hydrogen) atoms. The molecular weight excluding hydrogens is 531 g/mol. The zero-order valence-corrected chi connectivity index (χ0v) is 22.6. The quantitative estimate of drug-likeness (QED) is 0.572. The number of rotatable bonds is 4. The lowest BCUT2D eigenvalue weighted by atomic mass is 9.97. The summed E-state index contributed by atoms with van der Waals surface area (Å²) in [6, 6.07) is 6.94. The molecular formula is C30H29FN4O6. The largest absolute Gasteiger partial charge is 0.419 e. The van der Waals surface area contributed by atoms with Gasteiger partial charge in [-0.15, -0.1) is 0 Å². The number of ether oxygens (including phenoxy) is 1. The van der Waals surface area contributed by atoms with Crippen LogP contribution in [0.25, 0.3) is 0 Å². The van der Waals surface area contributed by atoms with Crippen LogP contribution in [0.5, 0.6) is 5.75 Å². The van der Waals surface area contributed by atoms with Crippen LogP contribution in [0.4, 0.5) is 20.6 Å². The molecule has 5 amide bonds. The molecule has 10 nitrogen and oxygen atoms in total. The van der Waals surface area contributed by atoms with Gasteiger partial charge in [0, 0.05) is 37.7 Å². The van der Waals surface area contributed by atoms with E-state index in [1.165, 1.54) is 24.1 Å². The van der Waals surface area contributed by atoms with Crippen molar-refractivity contribution in [2.24, 2.45) is 0 Å². The standard InChI is InChI=1S/C30H29FN4O6/c1-33(24-13-20-23(14-21(24)31)35(17-4-2-3-5-17)28(39)30(20)10-11-30)29(40)41-18-7-6-16-15-34(27(38)19(16)12-18)22-8-9-25(36)32-26(22)37/h6-7,12-14,17,22H,2-5,8-11,15H2,1H3,(H,32,36,37). The van der Waals surface area contributed by atoms with Gasteiger partial charge in [-0.2, -0.15) is 0 Å². The maximum atomic E-state index is 15.5. The first-order valence-electron chi connectivity index (χ1n) is 14.1. The average molecular weight is 561 g/mol. The van der Waals surface area contributed by atoms with Crippen molar-refractivity contribution in [3.05, 3.63) is 52.8 Å². The van der Waals surface area contributed by atoms with Gasteiger partial charge in [-0.25, -0.2) is 9.18 Å². The van der Waals surface area contributed by atoms with Crippen molar-refractivity contribution >= 4 is 41.1 Å². The molecule has 3 heterocycles. The molecule has 3 fully saturated rings. The fourth-order valence-electron chi connectivity index (χ4n) is 6.84. The first-order chi connectivity index (χ1) is 19.7. The molecule has 3 aliphatic heterocycles. The highest BCUT2D eigenvalue weighted by molar-refractivity contribution is 6.11. The molecule has 1 N–H and O–H groups in total. The number of halogens is 1. The Balaban J connectivity index is 1.10. The number of amides is 5. The maximum absolute atomic E-state index is 15.5. The van der Waals surface area contributed by atoms with Gasteiger partial charge in [-0.3, -0.25) is 29.4 Å². The fraction of sp³-hybridized carbons (Fsp3) is 0.433. The van der Waals surface area contributed by atoms with Crippen molar-refractivity contribution in [1.29, 1.82) is 0 Å². The molecule has 11 heteroatoms. The molecule has 2 aromatic rings. The Kier molecular flexibility index (Phi) is 5.71. The Morgan fingerprint density at radius 1 is 1.07 bits per heavy atom. The molecule has 0 bridgehead atoms. The number of anilines is 2. The van der Waals surface area contributed by atoms with Crippen molar-refractivity contribution in [2.75, 3.05) is 16.8 Å². The van der Waals surface area contributed by atoms with Crippen molar-refractivity contribution in [1.82, 2.24) is 10.2 Å². The first-order valence-corrected chi connectivity index (χ1v) is 14.1. The third-order valence-electron chi connectivity index (χ3n) is 9.25.